The van der Waals surface area contributed by atoms with Crippen molar-refractivity contribution >= 4 is 104 Å². The van der Waals surface area contributed by atoms with E-state index in [-0.39, 0.29) is 169 Å². The summed E-state index contributed by atoms with van der Waals surface area (Å²) in [5.41, 5.74) is 0.563. The molecular formula is C78H114F2N10O33S. The van der Waals surface area contributed by atoms with Gasteiger partial charge in [0, 0.05) is 94.2 Å². The highest BCUT2D eigenvalue weighted by molar-refractivity contribution is 7.20. The molecule has 0 aliphatic carbocycles. The minimum atomic E-state index is -1.79. The van der Waals surface area contributed by atoms with Gasteiger partial charge in [-0.15, -0.1) is 11.3 Å². The molecule has 694 valence electrons. The van der Waals surface area contributed by atoms with Crippen LogP contribution >= 0.6 is 11.3 Å². The molecule has 124 heavy (non-hydrogen) atoms. The van der Waals surface area contributed by atoms with Crippen LogP contribution in [0, 0.1) is 11.6 Å². The summed E-state index contributed by atoms with van der Waals surface area (Å²) in [5, 5.41) is 66.3. The number of hydrogen-bond donors (Lipinski definition) is 13. The summed E-state index contributed by atoms with van der Waals surface area (Å²) < 4.78 is 116. The van der Waals surface area contributed by atoms with Gasteiger partial charge in [0.15, 0.2) is 40.4 Å². The number of hydrogen-bond acceptors (Lipinski definition) is 34. The van der Waals surface area contributed by atoms with E-state index in [0.717, 1.165) is 11.3 Å². The van der Waals surface area contributed by atoms with Gasteiger partial charge in [-0.25, -0.2) is 8.78 Å². The number of fused-ring (bicyclic) bond motifs is 2. The second-order valence-electron chi connectivity index (χ2n) is 27.3. The molecule has 1 saturated heterocycles. The van der Waals surface area contributed by atoms with Crippen LogP contribution in [0.4, 0.5) is 8.78 Å². The third-order valence-electron chi connectivity index (χ3n) is 17.8. The highest BCUT2D eigenvalue weighted by Gasteiger charge is 2.35. The minimum Gasteiger partial charge on any atom is -0.493 e. The third-order valence-corrected chi connectivity index (χ3v) is 18.9. The molecule has 2 aromatic carbocycles. The maximum atomic E-state index is 16.2. The number of likely N-dealkylation sites (tertiary alicyclic amines) is 1. The maximum absolute atomic E-state index is 16.2. The van der Waals surface area contributed by atoms with Crippen LogP contribution in [0.1, 0.15) is 100 Å². The second kappa shape index (κ2) is 58.9. The first kappa shape index (κ1) is 103. The van der Waals surface area contributed by atoms with E-state index in [1.165, 1.54) is 44.2 Å². The molecule has 3 aromatic rings. The van der Waals surface area contributed by atoms with Crippen molar-refractivity contribution < 1.29 is 169 Å². The zero-order valence-electron chi connectivity index (χ0n) is 70.6. The van der Waals surface area contributed by atoms with Crippen molar-refractivity contribution in [1.29, 1.82) is 0 Å². The normalized spacial score (nSPS) is 14.5. The number of amides is 11. The molecule has 1 fully saturated rings. The number of esters is 2. The van der Waals surface area contributed by atoms with Gasteiger partial charge in [-0.1, -0.05) is 0 Å². The summed E-state index contributed by atoms with van der Waals surface area (Å²) in [5.74, 6) is -12.3. The SMILES string of the molecule is [3H]C1CC(=O)N(CC(=O)N[C@@H](CCC(=O)NC[C@H](C)OC(=O)CCC(=O)N2Cc3cc(OC)c(OCCCOc4c(OC)cc5sc(C(=O)CCC(=O)OCC)cc5c4F)c(F)c3C2)C(=O)NCC(=O)NCC(=O)NCC(=O)NCC(=O)NCCOCCOCCOCCOCCOCCOCCOCCOCCC(=O)NC[C@H](O)[C@@H](O)[C@H](O)[C@H](O)CO)C1=O. The van der Waals surface area contributed by atoms with Gasteiger partial charge in [-0.3, -0.25) is 72.0 Å². The summed E-state index contributed by atoms with van der Waals surface area (Å²) in [6, 6.07) is 2.85. The molecule has 13 N–H and O–H groups in total. The molecule has 1 aromatic heterocycles. The number of rotatable bonds is 67. The average molecular weight is 1790 g/mol. The summed E-state index contributed by atoms with van der Waals surface area (Å²) in [6.45, 7) is 2.55. The number of nitrogens with zero attached hydrogens (tertiary/aromatic N) is 2. The minimum absolute atomic E-state index is 0.0280. The zero-order valence-corrected chi connectivity index (χ0v) is 70.4. The van der Waals surface area contributed by atoms with E-state index in [9.17, 15) is 87.5 Å². The van der Waals surface area contributed by atoms with E-state index in [1.807, 2.05) is 0 Å². The molecule has 0 spiro atoms. The molecule has 2 aliphatic heterocycles. The Bertz CT molecular complexity index is 4010. The number of halogens is 2. The standard InChI is InChI=1S/C78H114F2N10O33S/c1-5-120-70(105)13-8-53(92)59-36-50-58(124-59)37-57(111-4)77(72(50)79)122-18-6-17-121-76-56(110-3)35-49-44-89(45-51(49)73(76)80)67(102)12-14-71(106)123-48(2)38-82-60(95)9-7-52(88-66(101)46-90-68(103)10-11-69(90)104)78(109)87-43-65(100)86-42-64(99)85-41-63(98)84-40-62(97)81-16-20-113-22-24-115-26-28-117-30-32-119-34-33-118-31-29-116-27-25-114-23-21-112-19-15-61(96)83-39-54(93)74(107)75(108)55(94)47-91/h35-37,48,52,54-55,74-75,91,93-94,107-108H,5-34,38-47H2,1-4H3,(H,81,97)(H,82,95)(H,83,96)(H,84,98)(H,85,99)(H,86,100)(H,87,109)(H,88,101)/t48-,52-,54-,55+,74+,75+/m0/s1/i10T/t10?,48-,52-,54-,55+,74+,75+. The molecule has 43 nitrogen and oxygen atoms in total. The van der Waals surface area contributed by atoms with Gasteiger partial charge in [0.05, 0.1) is 203 Å². The molecule has 11 amide bonds. The summed E-state index contributed by atoms with van der Waals surface area (Å²) in [4.78, 5) is 179. The fourth-order valence-electron chi connectivity index (χ4n) is 11.2. The number of ketones is 1. The van der Waals surface area contributed by atoms with Crippen LogP contribution < -0.4 is 61.5 Å². The van der Waals surface area contributed by atoms with Gasteiger partial charge in [0.1, 0.15) is 37.0 Å². The van der Waals surface area contributed by atoms with Crippen LogP contribution in [-0.4, -0.2) is 353 Å². The molecule has 0 radical (unpaired) electrons. The van der Waals surface area contributed by atoms with E-state index < -0.39 is 197 Å². The van der Waals surface area contributed by atoms with E-state index >= 15 is 8.78 Å². The monoisotopic (exact) mass is 1790 g/mol. The van der Waals surface area contributed by atoms with Gasteiger partial charge in [0.2, 0.25) is 65.0 Å². The van der Waals surface area contributed by atoms with Crippen LogP contribution in [0.5, 0.6) is 23.0 Å². The number of methoxy groups -OCH3 is 2. The molecule has 2 aliphatic rings. The highest BCUT2D eigenvalue weighted by Crippen LogP contribution is 2.42. The Hall–Kier alpha value is -10.1. The Balaban J connectivity index is 0.865. The van der Waals surface area contributed by atoms with Crippen LogP contribution in [-0.2, 0) is 123 Å². The van der Waals surface area contributed by atoms with E-state index in [2.05, 4.69) is 42.5 Å². The number of imide groups is 1. The number of aliphatic hydroxyl groups is 5. The predicted octanol–water partition coefficient (Wildman–Crippen LogP) is -3.69. The Morgan fingerprint density at radius 1 is 0.532 bits per heavy atom. The van der Waals surface area contributed by atoms with E-state index in [0.29, 0.717) is 81.2 Å². The first-order valence-electron chi connectivity index (χ1n) is 40.5. The lowest BCUT2D eigenvalue weighted by Gasteiger charge is -2.25. The molecule has 7 atom stereocenters. The van der Waals surface area contributed by atoms with E-state index in [1.54, 1.807) is 6.92 Å². The predicted molar refractivity (Wildman–Crippen MR) is 427 cm³/mol. The first-order chi connectivity index (χ1) is 60.0. The Morgan fingerprint density at radius 2 is 1.03 bits per heavy atom. The largest absolute Gasteiger partial charge is 0.493 e. The Labute approximate surface area is 718 Å². The fraction of sp³-hybridized carbons (Fsp3) is 0.641. The first-order valence-corrected chi connectivity index (χ1v) is 40.8. The van der Waals surface area contributed by atoms with Gasteiger partial charge < -0.3 is 139 Å². The number of carbonyl (C=O) groups excluding carboxylic acids is 14. The number of Topliss-reactive ketones (excluding diaryl/α,β-unsaturated/α-hetero) is 1. The summed E-state index contributed by atoms with van der Waals surface area (Å²) in [7, 11) is 2.62. The quantitative estimate of drug-likeness (QED) is 0.0112. The molecule has 1 unspecified atom stereocenters. The number of thiophene rings is 1. The summed E-state index contributed by atoms with van der Waals surface area (Å²) in [6.07, 6.45) is -11.5. The number of aliphatic hydroxyl groups excluding tert-OH is 5. The highest BCUT2D eigenvalue weighted by atomic mass is 32.1. The number of nitrogens with one attached hydrogen (secondary N) is 8. The van der Waals surface area contributed by atoms with Crippen LogP contribution in [0.25, 0.3) is 10.1 Å². The van der Waals surface area contributed by atoms with Crippen molar-refractivity contribution in [2.75, 3.05) is 199 Å². The van der Waals surface area contributed by atoms with Crippen molar-refractivity contribution in [3.05, 3.63) is 45.8 Å². The van der Waals surface area contributed by atoms with Gasteiger partial charge >= 0.3 is 11.9 Å². The lowest BCUT2D eigenvalue weighted by molar-refractivity contribution is -0.150. The van der Waals surface area contributed by atoms with Crippen molar-refractivity contribution in [2.24, 2.45) is 0 Å². The van der Waals surface area contributed by atoms with Crippen molar-refractivity contribution in [2.45, 2.75) is 128 Å². The number of carbonyl (C=O) groups is 14. The number of benzene rings is 2. The summed E-state index contributed by atoms with van der Waals surface area (Å²) >= 11 is 1.03. The Kier molecular flexibility index (Phi) is 48.8. The number of ether oxygens (including phenoxy) is 14. The fourth-order valence-corrected chi connectivity index (χ4v) is 12.3. The third kappa shape index (κ3) is 39.4. The van der Waals surface area contributed by atoms with Crippen molar-refractivity contribution in [3.8, 4) is 23.0 Å². The lowest BCUT2D eigenvalue weighted by Crippen LogP contribution is -2.52. The molecule has 5 rings (SSSR count). The van der Waals surface area contributed by atoms with Gasteiger partial charge in [-0.2, -0.15) is 0 Å². The van der Waals surface area contributed by atoms with Crippen LogP contribution in [0.15, 0.2) is 18.2 Å². The molecule has 46 heteroatoms. The van der Waals surface area contributed by atoms with Crippen LogP contribution in [0.3, 0.4) is 0 Å². The maximum Gasteiger partial charge on any atom is 0.306 e. The molecule has 0 bridgehead atoms. The molecule has 0 saturated carbocycles. The molecular weight excluding hydrogens is 1670 g/mol. The van der Waals surface area contributed by atoms with Crippen molar-refractivity contribution in [1.82, 2.24) is 52.3 Å². The van der Waals surface area contributed by atoms with Gasteiger partial charge in [-0.05, 0) is 38.0 Å². The average Bonchev–Trinajstić information content (AvgIpc) is 1.65. The topological polar surface area (TPSA) is 572 Å². The van der Waals surface area contributed by atoms with Crippen molar-refractivity contribution in [3.63, 3.8) is 0 Å². The van der Waals surface area contributed by atoms with Gasteiger partial charge in [0.25, 0.3) is 0 Å². The molecule has 3 heterocycles. The van der Waals surface area contributed by atoms with Crippen LogP contribution in [0.2, 0.25) is 0 Å². The lowest BCUT2D eigenvalue weighted by atomic mass is 10.0. The Morgan fingerprint density at radius 3 is 1.57 bits per heavy atom. The zero-order chi connectivity index (χ0) is 91.6. The smallest absolute Gasteiger partial charge is 0.306 e. The second-order valence-corrected chi connectivity index (χ2v) is 28.4. The van der Waals surface area contributed by atoms with E-state index in [4.69, 9.17) is 72.8 Å².